The van der Waals surface area contributed by atoms with Gasteiger partial charge in [0.25, 0.3) is 0 Å². The number of carboxylic acids is 1. The summed E-state index contributed by atoms with van der Waals surface area (Å²) in [4.78, 5) is 37.1. The molecule has 9 nitrogen and oxygen atoms in total. The van der Waals surface area contributed by atoms with E-state index in [1.165, 1.54) is 77.0 Å². The fraction of sp³-hybridized carbons (Fsp3) is 0.732. The predicted molar refractivity (Wildman–Crippen MR) is 269 cm³/mol. The van der Waals surface area contributed by atoms with Gasteiger partial charge in [0.05, 0.1) is 40.3 Å². The molecule has 0 bridgehead atoms. The first kappa shape index (κ1) is 61.7. The summed E-state index contributed by atoms with van der Waals surface area (Å²) in [5, 5.41) is 11.7. The standard InChI is InChI=1S/C56H97NO8/c1-6-8-10-12-14-16-18-20-21-22-23-24-25-26-27-28-29-30-31-32-33-35-37-39-41-43-45-47-54(59)65-52(51-64-56(55(60)61)62-49-48-57(3,4)5)50-63-53(58)46-44-42-40-38-36-34-19-17-15-13-11-9-7-2/h8,10-11,13-14,16-17,19-21,23-24,52,56H,6-7,9,12,15,18,22,25-51H2,1-5H3/b10-8-,13-11-,16-14-,19-17-,21-20-,24-23-. The van der Waals surface area contributed by atoms with Gasteiger partial charge in [0.1, 0.15) is 13.2 Å². The van der Waals surface area contributed by atoms with Crippen LogP contribution in [0.2, 0.25) is 0 Å². The van der Waals surface area contributed by atoms with E-state index in [0.717, 1.165) is 96.3 Å². The number of ether oxygens (including phenoxy) is 4. The van der Waals surface area contributed by atoms with Crippen LogP contribution in [-0.4, -0.2) is 82.3 Å². The smallest absolute Gasteiger partial charge is 0.306 e. The van der Waals surface area contributed by atoms with E-state index in [1.807, 2.05) is 21.1 Å². The van der Waals surface area contributed by atoms with Crippen molar-refractivity contribution >= 4 is 17.9 Å². The molecule has 0 radical (unpaired) electrons. The Balaban J connectivity index is 4.24. The second kappa shape index (κ2) is 47.2. The molecule has 0 aliphatic heterocycles. The third-order valence-electron chi connectivity index (χ3n) is 10.9. The molecule has 0 heterocycles. The summed E-state index contributed by atoms with van der Waals surface area (Å²) in [6, 6.07) is 0. The topological polar surface area (TPSA) is 111 Å². The lowest BCUT2D eigenvalue weighted by Crippen LogP contribution is -2.44. The van der Waals surface area contributed by atoms with E-state index < -0.39 is 24.3 Å². The second-order valence-corrected chi connectivity index (χ2v) is 18.4. The number of nitrogens with zero attached hydrogens (tertiary/aromatic N) is 1. The molecule has 0 spiro atoms. The first-order chi connectivity index (χ1) is 31.6. The average Bonchev–Trinajstić information content (AvgIpc) is 3.27. The number of carboxylic acid groups (broad SMARTS) is 1. The number of hydrogen-bond acceptors (Lipinski definition) is 8. The van der Waals surface area contributed by atoms with Crippen LogP contribution in [0.25, 0.3) is 0 Å². The first-order valence-corrected chi connectivity index (χ1v) is 26.1. The van der Waals surface area contributed by atoms with E-state index in [4.69, 9.17) is 18.9 Å². The number of rotatable bonds is 47. The van der Waals surface area contributed by atoms with Gasteiger partial charge in [-0.05, 0) is 77.0 Å². The molecule has 9 heteroatoms. The number of carbonyl (C=O) groups is 3. The Morgan fingerprint density at radius 1 is 0.477 bits per heavy atom. The number of quaternary nitrogens is 1. The Bertz CT molecular complexity index is 1290. The van der Waals surface area contributed by atoms with Crippen molar-refractivity contribution in [2.24, 2.45) is 0 Å². The molecule has 2 atom stereocenters. The van der Waals surface area contributed by atoms with E-state index >= 15 is 0 Å². The van der Waals surface area contributed by atoms with Crippen LogP contribution in [0, 0.1) is 0 Å². The Morgan fingerprint density at radius 3 is 1.31 bits per heavy atom. The molecular weight excluding hydrogens is 815 g/mol. The molecule has 0 amide bonds. The van der Waals surface area contributed by atoms with Crippen LogP contribution in [0.3, 0.4) is 0 Å². The molecular formula is C56H97NO8. The molecule has 0 aromatic heterocycles. The van der Waals surface area contributed by atoms with Gasteiger partial charge in [-0.15, -0.1) is 0 Å². The van der Waals surface area contributed by atoms with Gasteiger partial charge in [0.15, 0.2) is 12.4 Å². The lowest BCUT2D eigenvalue weighted by Gasteiger charge is -2.26. The molecule has 0 rings (SSSR count). The minimum Gasteiger partial charge on any atom is -0.545 e. The maximum atomic E-state index is 12.8. The fourth-order valence-corrected chi connectivity index (χ4v) is 6.92. The zero-order chi connectivity index (χ0) is 47.7. The van der Waals surface area contributed by atoms with Crippen molar-refractivity contribution in [1.82, 2.24) is 0 Å². The number of carbonyl (C=O) groups excluding carboxylic acids is 3. The summed E-state index contributed by atoms with van der Waals surface area (Å²) in [5.74, 6) is -2.31. The van der Waals surface area contributed by atoms with Gasteiger partial charge in [-0.1, -0.05) is 189 Å². The zero-order valence-electron chi connectivity index (χ0n) is 42.3. The van der Waals surface area contributed by atoms with Crippen LogP contribution in [0.15, 0.2) is 72.9 Å². The summed E-state index contributed by atoms with van der Waals surface area (Å²) in [5.41, 5.74) is 0. The third-order valence-corrected chi connectivity index (χ3v) is 10.9. The predicted octanol–water partition coefficient (Wildman–Crippen LogP) is 13.3. The van der Waals surface area contributed by atoms with E-state index in [0.29, 0.717) is 17.4 Å². The van der Waals surface area contributed by atoms with Gasteiger partial charge in [-0.3, -0.25) is 9.59 Å². The molecule has 0 fully saturated rings. The van der Waals surface area contributed by atoms with Crippen molar-refractivity contribution in [3.05, 3.63) is 72.9 Å². The molecule has 0 N–H and O–H groups in total. The van der Waals surface area contributed by atoms with E-state index in [2.05, 4.69) is 86.8 Å². The molecule has 0 aliphatic rings. The Hall–Kier alpha value is -3.27. The van der Waals surface area contributed by atoms with Gasteiger partial charge >= 0.3 is 11.9 Å². The van der Waals surface area contributed by atoms with Crippen molar-refractivity contribution in [3.8, 4) is 0 Å². The highest BCUT2D eigenvalue weighted by molar-refractivity contribution is 5.70. The van der Waals surface area contributed by atoms with Gasteiger partial charge in [-0.25, -0.2) is 0 Å². The number of aliphatic carboxylic acids is 1. The third kappa shape index (κ3) is 48.5. The van der Waals surface area contributed by atoms with Crippen LogP contribution in [0.5, 0.6) is 0 Å². The molecule has 0 saturated heterocycles. The summed E-state index contributed by atoms with van der Waals surface area (Å²) in [6.45, 7) is 4.55. The second-order valence-electron chi connectivity index (χ2n) is 18.4. The minimum atomic E-state index is -1.63. The lowest BCUT2D eigenvalue weighted by molar-refractivity contribution is -0.870. The Kier molecular flexibility index (Phi) is 44.9. The lowest BCUT2D eigenvalue weighted by atomic mass is 10.0. The molecule has 0 aromatic carbocycles. The molecule has 0 saturated carbocycles. The summed E-state index contributed by atoms with van der Waals surface area (Å²) < 4.78 is 22.6. The van der Waals surface area contributed by atoms with Crippen molar-refractivity contribution < 1.29 is 42.9 Å². The van der Waals surface area contributed by atoms with Crippen LogP contribution in [-0.2, 0) is 33.3 Å². The van der Waals surface area contributed by atoms with E-state index in [-0.39, 0.29) is 38.6 Å². The van der Waals surface area contributed by atoms with Crippen LogP contribution >= 0.6 is 0 Å². The first-order valence-electron chi connectivity index (χ1n) is 26.1. The van der Waals surface area contributed by atoms with Gasteiger partial charge in [-0.2, -0.15) is 0 Å². The van der Waals surface area contributed by atoms with Gasteiger partial charge < -0.3 is 33.3 Å². The quantitative estimate of drug-likeness (QED) is 0.0195. The number of hydrogen-bond donors (Lipinski definition) is 0. The van der Waals surface area contributed by atoms with Gasteiger partial charge in [0.2, 0.25) is 0 Å². The Labute approximate surface area is 398 Å². The monoisotopic (exact) mass is 912 g/mol. The SMILES string of the molecule is CC/C=C\C/C=C\C/C=C\C/C=C\CCCCCCCCCCCCCCCCC(=O)OC(COC(=O)CCCCCCC/C=C\C/C=C\CCC)COC(OCC[N+](C)(C)C)C(=O)[O-]. The number of esters is 2. The van der Waals surface area contributed by atoms with Crippen molar-refractivity contribution in [2.75, 3.05) is 47.5 Å². The van der Waals surface area contributed by atoms with Crippen LogP contribution in [0.1, 0.15) is 206 Å². The average molecular weight is 912 g/mol. The largest absolute Gasteiger partial charge is 0.545 e. The summed E-state index contributed by atoms with van der Waals surface area (Å²) >= 11 is 0. The molecule has 0 aromatic rings. The van der Waals surface area contributed by atoms with Crippen molar-refractivity contribution in [1.29, 1.82) is 0 Å². The van der Waals surface area contributed by atoms with Gasteiger partial charge in [0, 0.05) is 12.8 Å². The zero-order valence-corrected chi connectivity index (χ0v) is 42.3. The van der Waals surface area contributed by atoms with Crippen molar-refractivity contribution in [3.63, 3.8) is 0 Å². The molecule has 2 unspecified atom stereocenters. The van der Waals surface area contributed by atoms with Crippen LogP contribution < -0.4 is 5.11 Å². The number of unbranched alkanes of at least 4 members (excludes halogenated alkanes) is 20. The fourth-order valence-electron chi connectivity index (χ4n) is 6.92. The molecule has 65 heavy (non-hydrogen) atoms. The Morgan fingerprint density at radius 2 is 0.877 bits per heavy atom. The minimum absolute atomic E-state index is 0.143. The maximum absolute atomic E-state index is 12.8. The number of allylic oxidation sites excluding steroid dienone is 12. The van der Waals surface area contributed by atoms with E-state index in [1.54, 1.807) is 0 Å². The van der Waals surface area contributed by atoms with E-state index in [9.17, 15) is 19.5 Å². The highest BCUT2D eigenvalue weighted by Gasteiger charge is 2.22. The highest BCUT2D eigenvalue weighted by Crippen LogP contribution is 2.15. The van der Waals surface area contributed by atoms with Crippen LogP contribution in [0.4, 0.5) is 0 Å². The highest BCUT2D eigenvalue weighted by atomic mass is 16.7. The summed E-state index contributed by atoms with van der Waals surface area (Å²) in [7, 11) is 5.91. The molecule has 374 valence electrons. The maximum Gasteiger partial charge on any atom is 0.306 e. The molecule has 0 aliphatic carbocycles. The normalized spacial score (nSPS) is 13.4. The number of likely N-dealkylation sites (N-methyl/N-ethyl adjacent to an activating group) is 1. The van der Waals surface area contributed by atoms with Crippen molar-refractivity contribution in [2.45, 2.75) is 219 Å². The summed E-state index contributed by atoms with van der Waals surface area (Å²) in [6.07, 6.45) is 56.6.